The van der Waals surface area contributed by atoms with E-state index in [2.05, 4.69) is 5.32 Å². The fourth-order valence-electron chi connectivity index (χ4n) is 2.67. The van der Waals surface area contributed by atoms with Crippen molar-refractivity contribution in [1.29, 1.82) is 0 Å². The predicted octanol–water partition coefficient (Wildman–Crippen LogP) is 2.81. The molecule has 0 aliphatic carbocycles. The number of hydrogen-bond donors (Lipinski definition) is 1. The van der Waals surface area contributed by atoms with Gasteiger partial charge in [0.2, 0.25) is 5.91 Å². The van der Waals surface area contributed by atoms with Gasteiger partial charge in [0.15, 0.2) is 0 Å². The summed E-state index contributed by atoms with van der Waals surface area (Å²) >= 11 is 0. The normalized spacial score (nSPS) is 17.1. The maximum Gasteiger partial charge on any atom is 0.410 e. The smallest absolute Gasteiger partial charge is 0.410 e. The maximum absolute atomic E-state index is 12.6. The third kappa shape index (κ3) is 4.71. The van der Waals surface area contributed by atoms with Crippen LogP contribution in [0.4, 0.5) is 10.5 Å². The number of benzene rings is 1. The SMILES string of the molecule is COC(=O)c1ccccc1NC(=O)C1CCCN1C(=O)OC(C)(C)C. The molecule has 0 saturated carbocycles. The molecule has 1 aliphatic heterocycles. The van der Waals surface area contributed by atoms with Gasteiger partial charge < -0.3 is 14.8 Å². The summed E-state index contributed by atoms with van der Waals surface area (Å²) in [6.45, 7) is 5.81. The summed E-state index contributed by atoms with van der Waals surface area (Å²) < 4.78 is 10.1. The minimum absolute atomic E-state index is 0.264. The Balaban J connectivity index is 2.13. The quantitative estimate of drug-likeness (QED) is 0.849. The summed E-state index contributed by atoms with van der Waals surface area (Å²) in [4.78, 5) is 38.2. The van der Waals surface area contributed by atoms with E-state index in [4.69, 9.17) is 9.47 Å². The first-order chi connectivity index (χ1) is 11.7. The zero-order valence-electron chi connectivity index (χ0n) is 15.0. The average molecular weight is 348 g/mol. The van der Waals surface area contributed by atoms with E-state index in [0.29, 0.717) is 18.7 Å². The number of carbonyl (C=O) groups excluding carboxylic acids is 3. The highest BCUT2D eigenvalue weighted by atomic mass is 16.6. The van der Waals surface area contributed by atoms with E-state index in [1.807, 2.05) is 0 Å². The number of likely N-dealkylation sites (tertiary alicyclic amines) is 1. The first kappa shape index (κ1) is 18.8. The number of anilines is 1. The minimum atomic E-state index is -0.627. The van der Waals surface area contributed by atoms with Crippen molar-refractivity contribution in [3.8, 4) is 0 Å². The number of carbonyl (C=O) groups is 3. The summed E-state index contributed by atoms with van der Waals surface area (Å²) in [5, 5.41) is 2.73. The van der Waals surface area contributed by atoms with Gasteiger partial charge in [0.25, 0.3) is 0 Å². The molecular weight excluding hydrogens is 324 g/mol. The molecule has 136 valence electrons. The Hall–Kier alpha value is -2.57. The Kier molecular flexibility index (Phi) is 5.66. The molecule has 0 spiro atoms. The topological polar surface area (TPSA) is 84.9 Å². The van der Waals surface area contributed by atoms with Crippen LogP contribution in [0.2, 0.25) is 0 Å². The van der Waals surface area contributed by atoms with Gasteiger partial charge in [-0.3, -0.25) is 9.69 Å². The Morgan fingerprint density at radius 2 is 1.88 bits per heavy atom. The van der Waals surface area contributed by atoms with Crippen LogP contribution in [0.1, 0.15) is 44.0 Å². The molecule has 0 aromatic heterocycles. The standard InChI is InChI=1S/C18H24N2O5/c1-18(2,3)25-17(23)20-11-7-10-14(20)15(21)19-13-9-6-5-8-12(13)16(22)24-4/h5-6,8-9,14H,7,10-11H2,1-4H3,(H,19,21). The number of ether oxygens (including phenoxy) is 2. The maximum atomic E-state index is 12.6. The molecule has 1 saturated heterocycles. The number of nitrogens with zero attached hydrogens (tertiary/aromatic N) is 1. The van der Waals surface area contributed by atoms with Gasteiger partial charge in [-0.2, -0.15) is 0 Å². The van der Waals surface area contributed by atoms with Crippen LogP contribution in [0.25, 0.3) is 0 Å². The van der Waals surface area contributed by atoms with Crippen molar-refractivity contribution >= 4 is 23.7 Å². The fraction of sp³-hybridized carbons (Fsp3) is 0.500. The Bertz CT molecular complexity index is 666. The molecule has 1 fully saturated rings. The zero-order chi connectivity index (χ0) is 18.6. The van der Waals surface area contributed by atoms with Crippen molar-refractivity contribution in [3.05, 3.63) is 29.8 Å². The van der Waals surface area contributed by atoms with Crippen molar-refractivity contribution in [1.82, 2.24) is 4.90 Å². The van der Waals surface area contributed by atoms with E-state index >= 15 is 0 Å². The van der Waals surface area contributed by atoms with Crippen molar-refractivity contribution in [2.75, 3.05) is 19.0 Å². The molecule has 1 aromatic carbocycles. The summed E-state index contributed by atoms with van der Waals surface area (Å²) in [6, 6.07) is 5.96. The largest absolute Gasteiger partial charge is 0.465 e. The second-order valence-electron chi connectivity index (χ2n) is 6.86. The van der Waals surface area contributed by atoms with E-state index in [-0.39, 0.29) is 11.5 Å². The van der Waals surface area contributed by atoms with Crippen LogP contribution in [0.5, 0.6) is 0 Å². The van der Waals surface area contributed by atoms with Crippen molar-refractivity contribution < 1.29 is 23.9 Å². The molecule has 1 atom stereocenters. The van der Waals surface area contributed by atoms with Gasteiger partial charge in [-0.15, -0.1) is 0 Å². The molecule has 25 heavy (non-hydrogen) atoms. The summed E-state index contributed by atoms with van der Waals surface area (Å²) in [5.41, 5.74) is -0.00592. The lowest BCUT2D eigenvalue weighted by atomic mass is 10.1. The predicted molar refractivity (Wildman–Crippen MR) is 92.4 cm³/mol. The van der Waals surface area contributed by atoms with Gasteiger partial charge in [0, 0.05) is 6.54 Å². The van der Waals surface area contributed by atoms with Gasteiger partial charge in [-0.25, -0.2) is 9.59 Å². The summed E-state index contributed by atoms with van der Waals surface area (Å²) in [7, 11) is 1.28. The van der Waals surface area contributed by atoms with Gasteiger partial charge in [-0.05, 0) is 45.7 Å². The molecule has 7 heteroatoms. The zero-order valence-corrected chi connectivity index (χ0v) is 15.0. The van der Waals surface area contributed by atoms with E-state index in [1.165, 1.54) is 12.0 Å². The number of rotatable bonds is 3. The second-order valence-corrected chi connectivity index (χ2v) is 6.86. The molecule has 7 nitrogen and oxygen atoms in total. The number of amides is 2. The molecule has 1 heterocycles. The van der Waals surface area contributed by atoms with Crippen LogP contribution < -0.4 is 5.32 Å². The van der Waals surface area contributed by atoms with E-state index in [9.17, 15) is 14.4 Å². The molecule has 1 unspecified atom stereocenters. The Labute approximate surface area is 147 Å². The van der Waals surface area contributed by atoms with Gasteiger partial charge in [0.05, 0.1) is 18.4 Å². The first-order valence-corrected chi connectivity index (χ1v) is 8.21. The highest BCUT2D eigenvalue weighted by Crippen LogP contribution is 2.23. The molecule has 0 radical (unpaired) electrons. The molecule has 0 bridgehead atoms. The van der Waals surface area contributed by atoms with E-state index in [1.54, 1.807) is 45.0 Å². The monoisotopic (exact) mass is 348 g/mol. The van der Waals surface area contributed by atoms with Gasteiger partial charge in [-0.1, -0.05) is 12.1 Å². The first-order valence-electron chi connectivity index (χ1n) is 8.21. The summed E-state index contributed by atoms with van der Waals surface area (Å²) in [6.07, 6.45) is 0.757. The van der Waals surface area contributed by atoms with Crippen molar-refractivity contribution in [2.45, 2.75) is 45.3 Å². The number of methoxy groups -OCH3 is 1. The third-order valence-corrected chi connectivity index (χ3v) is 3.77. The van der Waals surface area contributed by atoms with Crippen LogP contribution in [0, 0.1) is 0 Å². The number of esters is 1. The van der Waals surface area contributed by atoms with Crippen LogP contribution in [0.15, 0.2) is 24.3 Å². The van der Waals surface area contributed by atoms with Gasteiger partial charge in [0.1, 0.15) is 11.6 Å². The highest BCUT2D eigenvalue weighted by molar-refractivity contribution is 6.03. The van der Waals surface area contributed by atoms with Crippen LogP contribution in [-0.2, 0) is 14.3 Å². The Morgan fingerprint density at radius 1 is 1.20 bits per heavy atom. The Morgan fingerprint density at radius 3 is 2.52 bits per heavy atom. The molecule has 1 N–H and O–H groups in total. The van der Waals surface area contributed by atoms with Crippen molar-refractivity contribution in [2.24, 2.45) is 0 Å². The van der Waals surface area contributed by atoms with Crippen LogP contribution in [-0.4, -0.2) is 48.2 Å². The lowest BCUT2D eigenvalue weighted by Gasteiger charge is -2.28. The lowest BCUT2D eigenvalue weighted by Crippen LogP contribution is -2.45. The fourth-order valence-corrected chi connectivity index (χ4v) is 2.67. The number of para-hydroxylation sites is 1. The van der Waals surface area contributed by atoms with Crippen LogP contribution in [0.3, 0.4) is 0 Å². The van der Waals surface area contributed by atoms with Gasteiger partial charge >= 0.3 is 12.1 Å². The molecule has 1 aromatic rings. The third-order valence-electron chi connectivity index (χ3n) is 3.77. The average Bonchev–Trinajstić information content (AvgIpc) is 3.03. The van der Waals surface area contributed by atoms with E-state index < -0.39 is 23.7 Å². The van der Waals surface area contributed by atoms with E-state index in [0.717, 1.165) is 6.42 Å². The second kappa shape index (κ2) is 7.55. The number of nitrogens with one attached hydrogen (secondary N) is 1. The summed E-state index contributed by atoms with van der Waals surface area (Å²) in [5.74, 6) is -0.883. The van der Waals surface area contributed by atoms with Crippen LogP contribution >= 0.6 is 0 Å². The van der Waals surface area contributed by atoms with Crippen molar-refractivity contribution in [3.63, 3.8) is 0 Å². The molecule has 2 rings (SSSR count). The minimum Gasteiger partial charge on any atom is -0.465 e. The number of hydrogen-bond acceptors (Lipinski definition) is 5. The molecule has 2 amide bonds. The molecular formula is C18H24N2O5. The highest BCUT2D eigenvalue weighted by Gasteiger charge is 2.36. The molecule has 1 aliphatic rings. The lowest BCUT2D eigenvalue weighted by molar-refractivity contribution is -0.120.